The van der Waals surface area contributed by atoms with Gasteiger partial charge in [0.2, 0.25) is 0 Å². The number of hydrogen-bond donors (Lipinski definition) is 1. The topological polar surface area (TPSA) is 42.2 Å². The van der Waals surface area contributed by atoms with Crippen LogP contribution in [0.3, 0.4) is 0 Å². The Bertz CT molecular complexity index is 331. The molecule has 76 valence electrons. The van der Waals surface area contributed by atoms with Crippen LogP contribution in [0.25, 0.3) is 0 Å². The maximum absolute atomic E-state index is 11.6. The molecule has 0 aromatic carbocycles. The van der Waals surface area contributed by atoms with Gasteiger partial charge in [0.05, 0.1) is 11.8 Å². The minimum absolute atomic E-state index is 0.0578. The average Bonchev–Trinajstić information content (AvgIpc) is 2.48. The number of carbonyl (C=O) groups is 1. The number of carbonyl (C=O) groups excluding carboxylic acids is 1. The third kappa shape index (κ3) is 2.00. The van der Waals surface area contributed by atoms with Crippen molar-refractivity contribution >= 4 is 21.8 Å². The summed E-state index contributed by atoms with van der Waals surface area (Å²) in [6.07, 6.45) is 5.29. The molecule has 1 aromatic rings. The van der Waals surface area contributed by atoms with E-state index in [1.807, 2.05) is 0 Å². The third-order valence-electron chi connectivity index (χ3n) is 2.64. The Labute approximate surface area is 91.0 Å². The molecule has 1 amide bonds. The van der Waals surface area contributed by atoms with E-state index in [0.717, 1.165) is 6.54 Å². The number of furan rings is 1. The molecule has 0 aliphatic heterocycles. The highest BCUT2D eigenvalue weighted by molar-refractivity contribution is 9.10. The Morgan fingerprint density at radius 3 is 2.93 bits per heavy atom. The summed E-state index contributed by atoms with van der Waals surface area (Å²) < 4.78 is 5.49. The van der Waals surface area contributed by atoms with Gasteiger partial charge in [0.15, 0.2) is 4.67 Å². The zero-order chi connectivity index (χ0) is 9.97. The van der Waals surface area contributed by atoms with E-state index in [1.54, 1.807) is 6.07 Å². The number of hydrogen-bond acceptors (Lipinski definition) is 2. The van der Waals surface area contributed by atoms with Crippen molar-refractivity contribution in [3.8, 4) is 0 Å². The molecule has 4 heteroatoms. The monoisotopic (exact) mass is 257 g/mol. The first-order valence-corrected chi connectivity index (χ1v) is 5.58. The predicted molar refractivity (Wildman–Crippen MR) is 56.1 cm³/mol. The van der Waals surface area contributed by atoms with E-state index in [-0.39, 0.29) is 5.91 Å². The van der Waals surface area contributed by atoms with E-state index in [4.69, 9.17) is 4.42 Å². The molecule has 2 rings (SSSR count). The van der Waals surface area contributed by atoms with Gasteiger partial charge in [-0.3, -0.25) is 4.79 Å². The lowest BCUT2D eigenvalue weighted by atomic mass is 9.85. The van der Waals surface area contributed by atoms with Crippen molar-refractivity contribution in [2.45, 2.75) is 19.3 Å². The highest BCUT2D eigenvalue weighted by Crippen LogP contribution is 2.25. The summed E-state index contributed by atoms with van der Waals surface area (Å²) in [7, 11) is 0. The Hall–Kier alpha value is -0.770. The van der Waals surface area contributed by atoms with Gasteiger partial charge >= 0.3 is 0 Å². The molecular formula is C10H12BrNO2. The number of halogens is 1. The molecule has 0 spiro atoms. The van der Waals surface area contributed by atoms with Crippen LogP contribution in [-0.4, -0.2) is 12.5 Å². The van der Waals surface area contributed by atoms with E-state index in [2.05, 4.69) is 21.2 Å². The van der Waals surface area contributed by atoms with E-state index in [1.165, 1.54) is 25.5 Å². The second-order valence-corrected chi connectivity index (χ2v) is 4.34. The summed E-state index contributed by atoms with van der Waals surface area (Å²) in [5, 5.41) is 2.90. The molecule has 1 fully saturated rings. The molecular weight excluding hydrogens is 246 g/mol. The molecule has 1 N–H and O–H groups in total. The predicted octanol–water partition coefficient (Wildman–Crippen LogP) is 2.57. The number of nitrogens with one attached hydrogen (secondary N) is 1. The van der Waals surface area contributed by atoms with Gasteiger partial charge in [-0.2, -0.15) is 0 Å². The van der Waals surface area contributed by atoms with Crippen LogP contribution >= 0.6 is 15.9 Å². The molecule has 1 aliphatic rings. The van der Waals surface area contributed by atoms with Crippen molar-refractivity contribution in [2.75, 3.05) is 6.54 Å². The quantitative estimate of drug-likeness (QED) is 0.905. The molecule has 1 heterocycles. The second kappa shape index (κ2) is 4.17. The van der Waals surface area contributed by atoms with Crippen LogP contribution in [-0.2, 0) is 0 Å². The first-order valence-electron chi connectivity index (χ1n) is 4.78. The molecule has 0 atom stereocenters. The highest BCUT2D eigenvalue weighted by Gasteiger charge is 2.19. The number of amides is 1. The summed E-state index contributed by atoms with van der Waals surface area (Å²) >= 11 is 3.18. The molecule has 1 aromatic heterocycles. The Morgan fingerprint density at radius 1 is 1.64 bits per heavy atom. The highest BCUT2D eigenvalue weighted by atomic mass is 79.9. The van der Waals surface area contributed by atoms with E-state index in [0.29, 0.717) is 16.2 Å². The summed E-state index contributed by atoms with van der Waals surface area (Å²) in [4.78, 5) is 11.6. The van der Waals surface area contributed by atoms with Gasteiger partial charge in [0.25, 0.3) is 5.91 Å². The lowest BCUT2D eigenvalue weighted by molar-refractivity contribution is 0.0937. The molecule has 0 radical (unpaired) electrons. The largest absolute Gasteiger partial charge is 0.457 e. The first-order chi connectivity index (χ1) is 6.77. The molecule has 0 bridgehead atoms. The van der Waals surface area contributed by atoms with E-state index >= 15 is 0 Å². The van der Waals surface area contributed by atoms with Crippen molar-refractivity contribution in [3.05, 3.63) is 22.6 Å². The van der Waals surface area contributed by atoms with Crippen molar-refractivity contribution in [3.63, 3.8) is 0 Å². The minimum atomic E-state index is -0.0578. The fraction of sp³-hybridized carbons (Fsp3) is 0.500. The smallest absolute Gasteiger partial charge is 0.255 e. The summed E-state index contributed by atoms with van der Waals surface area (Å²) in [6, 6.07) is 1.67. The van der Waals surface area contributed by atoms with Gasteiger partial charge in [0.1, 0.15) is 0 Å². The molecule has 3 nitrogen and oxygen atoms in total. The summed E-state index contributed by atoms with van der Waals surface area (Å²) in [5.74, 6) is 0.627. The van der Waals surface area contributed by atoms with Gasteiger partial charge in [0, 0.05) is 6.54 Å². The van der Waals surface area contributed by atoms with Crippen LogP contribution in [0.1, 0.15) is 29.6 Å². The SMILES string of the molecule is O=C(NCC1CCC1)c1ccoc1Br. The normalized spacial score (nSPS) is 16.4. The lowest BCUT2D eigenvalue weighted by Gasteiger charge is -2.25. The molecule has 1 saturated carbocycles. The first kappa shape index (κ1) is 9.77. The maximum Gasteiger partial charge on any atom is 0.255 e. The summed E-state index contributed by atoms with van der Waals surface area (Å²) in [6.45, 7) is 0.788. The van der Waals surface area contributed by atoms with Crippen molar-refractivity contribution in [1.82, 2.24) is 5.32 Å². The minimum Gasteiger partial charge on any atom is -0.457 e. The van der Waals surface area contributed by atoms with E-state index in [9.17, 15) is 4.79 Å². The van der Waals surface area contributed by atoms with Crippen LogP contribution in [0, 0.1) is 5.92 Å². The molecule has 14 heavy (non-hydrogen) atoms. The standard InChI is InChI=1S/C10H12BrNO2/c11-9-8(4-5-14-9)10(13)12-6-7-2-1-3-7/h4-5,7H,1-3,6H2,(H,12,13). The lowest BCUT2D eigenvalue weighted by Crippen LogP contribution is -2.32. The van der Waals surface area contributed by atoms with E-state index < -0.39 is 0 Å². The van der Waals surface area contributed by atoms with Crippen LogP contribution in [0.2, 0.25) is 0 Å². The summed E-state index contributed by atoms with van der Waals surface area (Å²) in [5.41, 5.74) is 0.573. The second-order valence-electron chi connectivity index (χ2n) is 3.61. The van der Waals surface area contributed by atoms with Crippen molar-refractivity contribution < 1.29 is 9.21 Å². The number of rotatable bonds is 3. The molecule has 1 aliphatic carbocycles. The van der Waals surface area contributed by atoms with Gasteiger partial charge < -0.3 is 9.73 Å². The molecule has 0 unspecified atom stereocenters. The van der Waals surface area contributed by atoms with Gasteiger partial charge in [-0.05, 0) is 40.8 Å². The maximum atomic E-state index is 11.6. The van der Waals surface area contributed by atoms with Crippen molar-refractivity contribution in [2.24, 2.45) is 5.92 Å². The van der Waals surface area contributed by atoms with Crippen molar-refractivity contribution in [1.29, 1.82) is 0 Å². The zero-order valence-electron chi connectivity index (χ0n) is 7.75. The fourth-order valence-corrected chi connectivity index (χ4v) is 1.91. The zero-order valence-corrected chi connectivity index (χ0v) is 9.34. The van der Waals surface area contributed by atoms with Gasteiger partial charge in [-0.15, -0.1) is 0 Å². The van der Waals surface area contributed by atoms with Crippen LogP contribution in [0.4, 0.5) is 0 Å². The molecule has 0 saturated heterocycles. The Morgan fingerprint density at radius 2 is 2.43 bits per heavy atom. The average molecular weight is 258 g/mol. The van der Waals surface area contributed by atoms with Crippen LogP contribution in [0.15, 0.2) is 21.4 Å². The Balaban J connectivity index is 1.86. The van der Waals surface area contributed by atoms with Crippen LogP contribution in [0.5, 0.6) is 0 Å². The Kier molecular flexibility index (Phi) is 2.91. The van der Waals surface area contributed by atoms with Crippen LogP contribution < -0.4 is 5.32 Å². The fourth-order valence-electron chi connectivity index (χ4n) is 1.48. The van der Waals surface area contributed by atoms with Gasteiger partial charge in [-0.1, -0.05) is 6.42 Å². The van der Waals surface area contributed by atoms with Gasteiger partial charge in [-0.25, -0.2) is 0 Å². The third-order valence-corrected chi connectivity index (χ3v) is 3.25.